The smallest absolute Gasteiger partial charge is 0.433 e. The Balaban J connectivity index is 1.85. The van der Waals surface area contributed by atoms with E-state index in [0.29, 0.717) is 0 Å². The van der Waals surface area contributed by atoms with Crippen molar-refractivity contribution < 1.29 is 36.7 Å². The number of amides is 2. The van der Waals surface area contributed by atoms with Gasteiger partial charge in [-0.1, -0.05) is 0 Å². The molecule has 1 aliphatic heterocycles. The van der Waals surface area contributed by atoms with Gasteiger partial charge >= 0.3 is 12.3 Å². The molecule has 4 rings (SSSR count). The summed E-state index contributed by atoms with van der Waals surface area (Å²) in [7, 11) is 1.31. The van der Waals surface area contributed by atoms with Crippen molar-refractivity contribution in [2.75, 3.05) is 20.3 Å². The highest BCUT2D eigenvalue weighted by molar-refractivity contribution is 6.03. The molecule has 0 atom stereocenters. The number of hydrogen-bond acceptors (Lipinski definition) is 8. The van der Waals surface area contributed by atoms with Gasteiger partial charge in [0.25, 0.3) is 5.91 Å². The molecule has 1 aliphatic rings. The van der Waals surface area contributed by atoms with Crippen molar-refractivity contribution in [1.29, 1.82) is 0 Å². The average molecular weight is 436 g/mol. The van der Waals surface area contributed by atoms with Crippen LogP contribution in [0.25, 0.3) is 22.4 Å². The summed E-state index contributed by atoms with van der Waals surface area (Å²) in [5.74, 6) is -0.672. The first kappa shape index (κ1) is 20.6. The molecule has 0 saturated carbocycles. The molecule has 0 bridgehead atoms. The van der Waals surface area contributed by atoms with Gasteiger partial charge < -0.3 is 19.6 Å². The minimum atomic E-state index is -4.64. The predicted molar refractivity (Wildman–Crippen MR) is 99.1 cm³/mol. The molecule has 1 aromatic carbocycles. The van der Waals surface area contributed by atoms with Crippen LogP contribution in [0.2, 0.25) is 0 Å². The van der Waals surface area contributed by atoms with E-state index in [1.807, 2.05) is 0 Å². The number of carbonyl (C=O) groups is 2. The Hall–Kier alpha value is -3.67. The van der Waals surface area contributed by atoms with E-state index in [1.165, 1.54) is 25.3 Å². The second kappa shape index (κ2) is 7.54. The molecule has 3 heterocycles. The third-order valence-corrected chi connectivity index (χ3v) is 4.65. The monoisotopic (exact) mass is 436 g/mol. The van der Waals surface area contributed by atoms with E-state index in [-0.39, 0.29) is 59.3 Å². The van der Waals surface area contributed by atoms with Crippen molar-refractivity contribution in [2.24, 2.45) is 5.73 Å². The van der Waals surface area contributed by atoms with Gasteiger partial charge in [0.1, 0.15) is 23.6 Å². The van der Waals surface area contributed by atoms with Gasteiger partial charge in [-0.3, -0.25) is 4.79 Å². The number of rotatable bonds is 4. The Morgan fingerprint density at radius 1 is 1.26 bits per heavy atom. The zero-order valence-electron chi connectivity index (χ0n) is 16.0. The highest BCUT2D eigenvalue weighted by Crippen LogP contribution is 2.37. The number of fused-ring (bicyclic) bond motifs is 1. The number of alkyl halides is 3. The topological polar surface area (TPSA) is 121 Å². The van der Waals surface area contributed by atoms with E-state index < -0.39 is 23.9 Å². The van der Waals surface area contributed by atoms with Gasteiger partial charge in [-0.25, -0.2) is 19.7 Å². The minimum Gasteiger partial charge on any atom is -0.494 e. The molecule has 2 aromatic heterocycles. The van der Waals surface area contributed by atoms with Gasteiger partial charge in [0.15, 0.2) is 11.5 Å². The number of hydrogen-bond donors (Lipinski definition) is 1. The molecule has 0 spiro atoms. The molecule has 12 heteroatoms. The Morgan fingerprint density at radius 2 is 2.03 bits per heavy atom. The summed E-state index contributed by atoms with van der Waals surface area (Å²) >= 11 is 0. The number of methoxy groups -OCH3 is 1. The van der Waals surface area contributed by atoms with Crippen molar-refractivity contribution in [3.63, 3.8) is 0 Å². The fourth-order valence-electron chi connectivity index (χ4n) is 3.18. The van der Waals surface area contributed by atoms with E-state index in [0.717, 1.165) is 11.0 Å². The van der Waals surface area contributed by atoms with Crippen molar-refractivity contribution >= 4 is 22.9 Å². The number of pyridine rings is 1. The van der Waals surface area contributed by atoms with Gasteiger partial charge in [-0.15, -0.1) is 0 Å². The zero-order chi connectivity index (χ0) is 22.3. The Kier molecular flexibility index (Phi) is 5.01. The molecular formula is C19H15F3N4O5. The molecule has 0 aliphatic carbocycles. The number of cyclic esters (lactones) is 1. The average Bonchev–Trinajstić information content (AvgIpc) is 3.37. The minimum absolute atomic E-state index is 0.0172. The predicted octanol–water partition coefficient (Wildman–Crippen LogP) is 2.97. The fraction of sp³-hybridized carbons (Fsp3) is 0.263. The van der Waals surface area contributed by atoms with Gasteiger partial charge in [-0.2, -0.15) is 13.2 Å². The summed E-state index contributed by atoms with van der Waals surface area (Å²) in [4.78, 5) is 33.1. The van der Waals surface area contributed by atoms with Crippen LogP contribution in [0.4, 0.5) is 18.0 Å². The lowest BCUT2D eigenvalue weighted by molar-refractivity contribution is -0.140. The summed E-state index contributed by atoms with van der Waals surface area (Å²) in [5.41, 5.74) is 4.61. The molecule has 162 valence electrons. The molecule has 9 nitrogen and oxygen atoms in total. The number of halogens is 3. The van der Waals surface area contributed by atoms with Gasteiger partial charge in [0.05, 0.1) is 20.2 Å². The summed E-state index contributed by atoms with van der Waals surface area (Å²) in [6, 6.07) is 4.97. The van der Waals surface area contributed by atoms with Gasteiger partial charge in [-0.05, 0) is 24.3 Å². The second-order valence-electron chi connectivity index (χ2n) is 6.47. The number of ether oxygens (including phenoxy) is 2. The van der Waals surface area contributed by atoms with Gasteiger partial charge in [0, 0.05) is 10.9 Å². The molecule has 31 heavy (non-hydrogen) atoms. The van der Waals surface area contributed by atoms with Crippen LogP contribution in [0, 0.1) is 0 Å². The highest BCUT2D eigenvalue weighted by atomic mass is 19.4. The summed E-state index contributed by atoms with van der Waals surface area (Å²) < 4.78 is 54.9. The van der Waals surface area contributed by atoms with E-state index in [2.05, 4.69) is 9.97 Å². The Labute approximate surface area is 172 Å². The second-order valence-corrected chi connectivity index (χ2v) is 6.47. The van der Waals surface area contributed by atoms with Crippen LogP contribution in [-0.4, -0.2) is 47.1 Å². The van der Waals surface area contributed by atoms with Crippen molar-refractivity contribution in [2.45, 2.75) is 12.7 Å². The first-order chi connectivity index (χ1) is 14.7. The molecule has 1 saturated heterocycles. The first-order valence-electron chi connectivity index (χ1n) is 8.98. The molecule has 3 aromatic rings. The van der Waals surface area contributed by atoms with Crippen molar-refractivity contribution in [1.82, 2.24) is 14.9 Å². The zero-order valence-corrected chi connectivity index (χ0v) is 16.0. The third-order valence-electron chi connectivity index (χ3n) is 4.65. The molecule has 2 N–H and O–H groups in total. The van der Waals surface area contributed by atoms with Crippen LogP contribution in [0.3, 0.4) is 0 Å². The summed E-state index contributed by atoms with van der Waals surface area (Å²) in [6.07, 6.45) is -5.45. The van der Waals surface area contributed by atoms with E-state index in [9.17, 15) is 22.8 Å². The quantitative estimate of drug-likeness (QED) is 0.663. The maximum Gasteiger partial charge on any atom is 0.433 e. The van der Waals surface area contributed by atoms with Gasteiger partial charge in [0.2, 0.25) is 5.89 Å². The number of oxazole rings is 1. The highest BCUT2D eigenvalue weighted by Gasteiger charge is 2.35. The van der Waals surface area contributed by atoms with Crippen LogP contribution < -0.4 is 10.5 Å². The number of carbonyl (C=O) groups excluding carboxylic acids is 2. The van der Waals surface area contributed by atoms with Crippen molar-refractivity contribution in [3.05, 3.63) is 41.4 Å². The normalized spacial score (nSPS) is 14.2. The van der Waals surface area contributed by atoms with E-state index >= 15 is 0 Å². The lowest BCUT2D eigenvalue weighted by atomic mass is 10.1. The number of imide groups is 1. The molecule has 1 fully saturated rings. The number of nitrogens with two attached hydrogens (primary N) is 1. The Bertz CT molecular complexity index is 1190. The van der Waals surface area contributed by atoms with E-state index in [4.69, 9.17) is 19.6 Å². The largest absolute Gasteiger partial charge is 0.494 e. The Morgan fingerprint density at radius 3 is 2.65 bits per heavy atom. The lowest BCUT2D eigenvalue weighted by Gasteiger charge is -2.11. The van der Waals surface area contributed by atoms with Crippen LogP contribution in [0.1, 0.15) is 21.9 Å². The third kappa shape index (κ3) is 3.54. The first-order valence-corrected chi connectivity index (χ1v) is 8.98. The van der Waals surface area contributed by atoms with Crippen LogP contribution in [0.5, 0.6) is 5.75 Å². The summed E-state index contributed by atoms with van der Waals surface area (Å²) in [6.45, 7) is -0.0788. The number of nitrogens with zero attached hydrogens (tertiary/aromatic N) is 3. The maximum absolute atomic E-state index is 13.1. The molecular weight excluding hydrogens is 421 g/mol. The lowest BCUT2D eigenvalue weighted by Crippen LogP contribution is -2.32. The molecule has 2 amide bonds. The standard InChI is InChI=1S/C19H15F3N4O5/c1-29-11-4-2-10(9-3-5-13(19(20,21)22)24-14(9)11)16-25-15(12(8-23)31-16)17(27)26-6-7-30-18(26)28/h2-5H,6-8,23H2,1H3. The SMILES string of the molecule is COc1ccc(-c2nc(C(=O)N3CCOC3=O)c(CN)o2)c2ccc(C(F)(F)F)nc12. The summed E-state index contributed by atoms with van der Waals surface area (Å²) in [5, 5.41) is 0.261. The molecule has 0 unspecified atom stereocenters. The van der Waals surface area contributed by atoms with Crippen LogP contribution in [-0.2, 0) is 17.5 Å². The number of aromatic nitrogens is 2. The van der Waals surface area contributed by atoms with E-state index in [1.54, 1.807) is 0 Å². The fourth-order valence-corrected chi connectivity index (χ4v) is 3.18. The molecule has 0 radical (unpaired) electrons. The van der Waals surface area contributed by atoms with Crippen molar-refractivity contribution in [3.8, 4) is 17.2 Å². The van der Waals surface area contributed by atoms with Crippen LogP contribution in [0.15, 0.2) is 28.7 Å². The number of benzene rings is 1. The maximum atomic E-state index is 13.1. The van der Waals surface area contributed by atoms with Crippen LogP contribution >= 0.6 is 0 Å².